The van der Waals surface area contributed by atoms with Crippen molar-refractivity contribution in [3.8, 4) is 0 Å². The smallest absolute Gasteiger partial charge is 0.282 e. The van der Waals surface area contributed by atoms with Crippen molar-refractivity contribution < 1.29 is 8.42 Å². The van der Waals surface area contributed by atoms with Crippen molar-refractivity contribution >= 4 is 10.2 Å². The number of piperidine rings is 1. The van der Waals surface area contributed by atoms with Crippen LogP contribution in [-0.2, 0) is 10.2 Å². The van der Waals surface area contributed by atoms with Gasteiger partial charge in [-0.15, -0.1) is 0 Å². The minimum absolute atomic E-state index is 0.0295. The van der Waals surface area contributed by atoms with E-state index in [9.17, 15) is 8.42 Å². The molecule has 0 amide bonds. The third-order valence-corrected chi connectivity index (χ3v) is 6.46. The van der Waals surface area contributed by atoms with E-state index >= 15 is 0 Å². The number of nitrogens with zero attached hydrogens (tertiary/aromatic N) is 2. The molecule has 0 aromatic heterocycles. The monoisotopic (exact) mass is 319 g/mol. The molecule has 0 spiro atoms. The van der Waals surface area contributed by atoms with Crippen LogP contribution in [0.5, 0.6) is 0 Å². The first-order valence-corrected chi connectivity index (χ1v) is 9.74. The highest BCUT2D eigenvalue weighted by Gasteiger charge is 2.33. The Bertz CT molecular complexity index is 376. The van der Waals surface area contributed by atoms with Gasteiger partial charge in [0.05, 0.1) is 0 Å². The van der Waals surface area contributed by atoms with Crippen molar-refractivity contribution in [1.29, 1.82) is 0 Å². The fourth-order valence-electron chi connectivity index (χ4n) is 2.94. The molecule has 1 fully saturated rings. The van der Waals surface area contributed by atoms with Gasteiger partial charge in [-0.3, -0.25) is 0 Å². The maximum Gasteiger partial charge on any atom is 0.282 e. The SMILES string of the molecule is CCCCCN(C(C)C)S(=O)(=O)N1CCC(CNC)CC1. The van der Waals surface area contributed by atoms with E-state index in [1.165, 1.54) is 0 Å². The molecule has 1 rings (SSSR count). The number of hydrogen-bond acceptors (Lipinski definition) is 3. The molecule has 0 aromatic carbocycles. The summed E-state index contributed by atoms with van der Waals surface area (Å²) in [5.74, 6) is 0.606. The van der Waals surface area contributed by atoms with Gasteiger partial charge in [-0.1, -0.05) is 19.8 Å². The van der Waals surface area contributed by atoms with Gasteiger partial charge in [-0.2, -0.15) is 17.0 Å². The Labute approximate surface area is 131 Å². The van der Waals surface area contributed by atoms with E-state index in [-0.39, 0.29) is 6.04 Å². The second-order valence-corrected chi connectivity index (χ2v) is 8.20. The van der Waals surface area contributed by atoms with Crippen LogP contribution in [0.2, 0.25) is 0 Å². The van der Waals surface area contributed by atoms with E-state index in [1.807, 2.05) is 20.9 Å². The Morgan fingerprint density at radius 3 is 2.33 bits per heavy atom. The minimum Gasteiger partial charge on any atom is -0.319 e. The quantitative estimate of drug-likeness (QED) is 0.662. The van der Waals surface area contributed by atoms with Crippen LogP contribution in [0.25, 0.3) is 0 Å². The molecule has 1 aliphatic rings. The third kappa shape index (κ3) is 5.51. The van der Waals surface area contributed by atoms with Gasteiger partial charge in [-0.25, -0.2) is 0 Å². The number of rotatable bonds is 9. The summed E-state index contributed by atoms with van der Waals surface area (Å²) in [5.41, 5.74) is 0. The molecule has 0 unspecified atom stereocenters. The molecule has 1 saturated heterocycles. The van der Waals surface area contributed by atoms with E-state index in [2.05, 4.69) is 12.2 Å². The van der Waals surface area contributed by atoms with Gasteiger partial charge in [-0.05, 0) is 52.6 Å². The zero-order valence-electron chi connectivity index (χ0n) is 14.1. The topological polar surface area (TPSA) is 52.7 Å². The van der Waals surface area contributed by atoms with Crippen LogP contribution < -0.4 is 5.32 Å². The lowest BCUT2D eigenvalue weighted by Gasteiger charge is -2.36. The average Bonchev–Trinajstić information content (AvgIpc) is 2.44. The predicted molar refractivity (Wildman–Crippen MR) is 88.5 cm³/mol. The maximum absolute atomic E-state index is 12.8. The standard InChI is InChI=1S/C15H33N3O2S/c1-5-6-7-10-18(14(2)3)21(19,20)17-11-8-15(9-12-17)13-16-4/h14-16H,5-13H2,1-4H3. The molecular formula is C15H33N3O2S. The van der Waals surface area contributed by atoms with Gasteiger partial charge in [0.2, 0.25) is 0 Å². The minimum atomic E-state index is -3.30. The molecule has 0 aliphatic carbocycles. The van der Waals surface area contributed by atoms with Crippen molar-refractivity contribution in [3.63, 3.8) is 0 Å². The van der Waals surface area contributed by atoms with E-state index in [0.29, 0.717) is 25.6 Å². The van der Waals surface area contributed by atoms with Gasteiger partial charge in [0.25, 0.3) is 10.2 Å². The molecule has 0 radical (unpaired) electrons. The first kappa shape index (κ1) is 18.9. The van der Waals surface area contributed by atoms with E-state index in [1.54, 1.807) is 8.61 Å². The molecule has 1 N–H and O–H groups in total. The van der Waals surface area contributed by atoms with Crippen LogP contribution in [0.4, 0.5) is 0 Å². The van der Waals surface area contributed by atoms with Gasteiger partial charge in [0, 0.05) is 25.7 Å². The van der Waals surface area contributed by atoms with E-state index in [0.717, 1.165) is 38.6 Å². The third-order valence-electron chi connectivity index (χ3n) is 4.25. The Hall–Kier alpha value is -0.170. The summed E-state index contributed by atoms with van der Waals surface area (Å²) in [5, 5.41) is 3.19. The maximum atomic E-state index is 12.8. The van der Waals surface area contributed by atoms with Gasteiger partial charge in [0.15, 0.2) is 0 Å². The highest BCUT2D eigenvalue weighted by molar-refractivity contribution is 7.86. The molecule has 1 heterocycles. The number of nitrogens with one attached hydrogen (secondary N) is 1. The number of unbranched alkanes of at least 4 members (excludes halogenated alkanes) is 2. The highest BCUT2D eigenvalue weighted by Crippen LogP contribution is 2.22. The van der Waals surface area contributed by atoms with Gasteiger partial charge in [0.1, 0.15) is 0 Å². The van der Waals surface area contributed by atoms with Crippen LogP contribution in [-0.4, -0.2) is 56.3 Å². The van der Waals surface area contributed by atoms with Crippen molar-refractivity contribution in [2.24, 2.45) is 5.92 Å². The molecular weight excluding hydrogens is 286 g/mol. The normalized spacial score (nSPS) is 18.8. The highest BCUT2D eigenvalue weighted by atomic mass is 32.2. The zero-order chi connectivity index (χ0) is 15.9. The molecule has 0 bridgehead atoms. The van der Waals surface area contributed by atoms with Crippen molar-refractivity contribution in [2.75, 3.05) is 33.2 Å². The fraction of sp³-hybridized carbons (Fsp3) is 1.00. The van der Waals surface area contributed by atoms with E-state index in [4.69, 9.17) is 0 Å². The van der Waals surface area contributed by atoms with Crippen molar-refractivity contribution in [2.45, 2.75) is 58.9 Å². The predicted octanol–water partition coefficient (Wildman–Crippen LogP) is 2.06. The summed E-state index contributed by atoms with van der Waals surface area (Å²) in [4.78, 5) is 0. The van der Waals surface area contributed by atoms with Gasteiger partial charge >= 0.3 is 0 Å². The Morgan fingerprint density at radius 1 is 1.24 bits per heavy atom. The first-order valence-electron chi connectivity index (χ1n) is 8.35. The summed E-state index contributed by atoms with van der Waals surface area (Å²) >= 11 is 0. The largest absolute Gasteiger partial charge is 0.319 e. The van der Waals surface area contributed by atoms with Crippen LogP contribution in [0, 0.1) is 5.92 Å². The zero-order valence-corrected chi connectivity index (χ0v) is 15.0. The first-order chi connectivity index (χ1) is 9.93. The summed E-state index contributed by atoms with van der Waals surface area (Å²) in [6.07, 6.45) is 5.07. The van der Waals surface area contributed by atoms with Crippen LogP contribution >= 0.6 is 0 Å². The summed E-state index contributed by atoms with van der Waals surface area (Å²) in [7, 11) is -1.34. The van der Waals surface area contributed by atoms with Crippen LogP contribution in [0.15, 0.2) is 0 Å². The van der Waals surface area contributed by atoms with E-state index < -0.39 is 10.2 Å². The van der Waals surface area contributed by atoms with Crippen molar-refractivity contribution in [3.05, 3.63) is 0 Å². The molecule has 0 atom stereocenters. The van der Waals surface area contributed by atoms with Crippen LogP contribution in [0.1, 0.15) is 52.9 Å². The fourth-order valence-corrected chi connectivity index (χ4v) is 4.80. The summed E-state index contributed by atoms with van der Waals surface area (Å²) < 4.78 is 29.0. The average molecular weight is 320 g/mol. The Morgan fingerprint density at radius 2 is 1.86 bits per heavy atom. The molecule has 5 nitrogen and oxygen atoms in total. The molecule has 21 heavy (non-hydrogen) atoms. The summed E-state index contributed by atoms with van der Waals surface area (Å²) in [6.45, 7) is 9.02. The Kier molecular flexibility index (Phi) is 8.16. The molecule has 0 aromatic rings. The Balaban J connectivity index is 2.64. The van der Waals surface area contributed by atoms with Crippen LogP contribution in [0.3, 0.4) is 0 Å². The van der Waals surface area contributed by atoms with Crippen molar-refractivity contribution in [1.82, 2.24) is 13.9 Å². The lowest BCUT2D eigenvalue weighted by atomic mass is 9.98. The second kappa shape index (κ2) is 9.08. The molecule has 0 saturated carbocycles. The summed E-state index contributed by atoms with van der Waals surface area (Å²) in [6, 6.07) is 0.0295. The number of hydrogen-bond donors (Lipinski definition) is 1. The molecule has 6 heteroatoms. The molecule has 1 aliphatic heterocycles. The lowest BCUT2D eigenvalue weighted by molar-refractivity contribution is 0.241. The molecule has 126 valence electrons. The lowest BCUT2D eigenvalue weighted by Crippen LogP contribution is -2.50. The van der Waals surface area contributed by atoms with Gasteiger partial charge < -0.3 is 5.32 Å². The second-order valence-electron chi connectivity index (χ2n) is 6.32.